The fourth-order valence-electron chi connectivity index (χ4n) is 3.32. The van der Waals surface area contributed by atoms with E-state index in [0.717, 1.165) is 12.5 Å². The summed E-state index contributed by atoms with van der Waals surface area (Å²) in [6.07, 6.45) is 8.83. The Morgan fingerprint density at radius 1 is 1.18 bits per heavy atom. The molecule has 0 bridgehead atoms. The van der Waals surface area contributed by atoms with Crippen molar-refractivity contribution >= 4 is 0 Å². The molecule has 4 unspecified atom stereocenters. The van der Waals surface area contributed by atoms with Gasteiger partial charge in [-0.2, -0.15) is 0 Å². The van der Waals surface area contributed by atoms with Crippen molar-refractivity contribution in [1.82, 2.24) is 5.32 Å². The molecule has 2 heteroatoms. The Balaban J connectivity index is 1.90. The zero-order chi connectivity index (χ0) is 12.3. The Kier molecular flexibility index (Phi) is 4.87. The van der Waals surface area contributed by atoms with Crippen LogP contribution in [0, 0.1) is 11.8 Å². The van der Waals surface area contributed by atoms with E-state index in [2.05, 4.69) is 26.1 Å². The van der Waals surface area contributed by atoms with Crippen LogP contribution in [0.1, 0.15) is 59.3 Å². The SMILES string of the molecule is CCCNC1CC(C)CC(C)C1OC1CCC1. The van der Waals surface area contributed by atoms with Gasteiger partial charge in [-0.1, -0.05) is 20.8 Å². The van der Waals surface area contributed by atoms with Gasteiger partial charge in [-0.15, -0.1) is 0 Å². The summed E-state index contributed by atoms with van der Waals surface area (Å²) in [7, 11) is 0. The third-order valence-corrected chi connectivity index (χ3v) is 4.45. The van der Waals surface area contributed by atoms with Crippen molar-refractivity contribution in [3.8, 4) is 0 Å². The molecule has 0 radical (unpaired) electrons. The van der Waals surface area contributed by atoms with E-state index in [9.17, 15) is 0 Å². The lowest BCUT2D eigenvalue weighted by atomic mass is 9.77. The molecule has 2 aliphatic carbocycles. The average molecular weight is 239 g/mol. The van der Waals surface area contributed by atoms with Crippen LogP contribution in [0.5, 0.6) is 0 Å². The average Bonchev–Trinajstić information content (AvgIpc) is 2.22. The Hall–Kier alpha value is -0.0800. The predicted molar refractivity (Wildman–Crippen MR) is 72.2 cm³/mol. The highest BCUT2D eigenvalue weighted by Crippen LogP contribution is 2.34. The molecule has 2 aliphatic rings. The Bertz CT molecular complexity index is 227. The van der Waals surface area contributed by atoms with Gasteiger partial charge in [0, 0.05) is 6.04 Å². The van der Waals surface area contributed by atoms with E-state index in [1.54, 1.807) is 0 Å². The lowest BCUT2D eigenvalue weighted by Crippen LogP contribution is -2.51. The first-order valence-corrected chi connectivity index (χ1v) is 7.59. The molecular weight excluding hydrogens is 210 g/mol. The van der Waals surface area contributed by atoms with Gasteiger partial charge < -0.3 is 10.1 Å². The van der Waals surface area contributed by atoms with E-state index in [1.165, 1.54) is 38.5 Å². The van der Waals surface area contributed by atoms with Crippen LogP contribution in [0.4, 0.5) is 0 Å². The van der Waals surface area contributed by atoms with Gasteiger partial charge in [-0.3, -0.25) is 0 Å². The topological polar surface area (TPSA) is 21.3 Å². The minimum Gasteiger partial charge on any atom is -0.373 e. The molecule has 2 rings (SSSR count). The van der Waals surface area contributed by atoms with Gasteiger partial charge in [0.25, 0.3) is 0 Å². The number of nitrogens with one attached hydrogen (secondary N) is 1. The van der Waals surface area contributed by atoms with Crippen LogP contribution in [0.15, 0.2) is 0 Å². The predicted octanol–water partition coefficient (Wildman–Crippen LogP) is 3.36. The molecule has 0 aromatic rings. The zero-order valence-corrected chi connectivity index (χ0v) is 11.7. The third-order valence-electron chi connectivity index (χ3n) is 4.45. The Morgan fingerprint density at radius 2 is 1.94 bits per heavy atom. The molecular formula is C15H29NO. The fourth-order valence-corrected chi connectivity index (χ4v) is 3.32. The van der Waals surface area contributed by atoms with Crippen LogP contribution in [-0.2, 0) is 4.74 Å². The maximum Gasteiger partial charge on any atom is 0.0757 e. The standard InChI is InChI=1S/C15H29NO/c1-4-8-16-14-10-11(2)9-12(3)15(14)17-13-6-5-7-13/h11-16H,4-10H2,1-3H3. The second-order valence-electron chi connectivity index (χ2n) is 6.27. The maximum absolute atomic E-state index is 6.34. The summed E-state index contributed by atoms with van der Waals surface area (Å²) >= 11 is 0. The maximum atomic E-state index is 6.34. The van der Waals surface area contributed by atoms with E-state index in [1.807, 2.05) is 0 Å². The first kappa shape index (κ1) is 13.4. The summed E-state index contributed by atoms with van der Waals surface area (Å²) in [6, 6.07) is 0.592. The molecule has 2 nitrogen and oxygen atoms in total. The monoisotopic (exact) mass is 239 g/mol. The highest BCUT2D eigenvalue weighted by atomic mass is 16.5. The van der Waals surface area contributed by atoms with Crippen molar-refractivity contribution in [1.29, 1.82) is 0 Å². The molecule has 0 aliphatic heterocycles. The fraction of sp³-hybridized carbons (Fsp3) is 1.00. The highest BCUT2D eigenvalue weighted by Gasteiger charge is 2.36. The van der Waals surface area contributed by atoms with E-state index in [-0.39, 0.29) is 0 Å². The largest absolute Gasteiger partial charge is 0.373 e. The molecule has 0 aromatic heterocycles. The van der Waals surface area contributed by atoms with E-state index >= 15 is 0 Å². The van der Waals surface area contributed by atoms with Gasteiger partial charge in [0.15, 0.2) is 0 Å². The van der Waals surface area contributed by atoms with Gasteiger partial charge in [0.1, 0.15) is 0 Å². The number of hydrogen-bond acceptors (Lipinski definition) is 2. The smallest absolute Gasteiger partial charge is 0.0757 e. The molecule has 0 spiro atoms. The molecule has 0 aromatic carbocycles. The van der Waals surface area contributed by atoms with Crippen LogP contribution in [-0.4, -0.2) is 24.8 Å². The van der Waals surface area contributed by atoms with Gasteiger partial charge in [-0.25, -0.2) is 0 Å². The summed E-state index contributed by atoms with van der Waals surface area (Å²) in [5.41, 5.74) is 0. The molecule has 17 heavy (non-hydrogen) atoms. The molecule has 0 saturated heterocycles. The quantitative estimate of drug-likeness (QED) is 0.794. The summed E-state index contributed by atoms with van der Waals surface area (Å²) in [5, 5.41) is 3.71. The summed E-state index contributed by atoms with van der Waals surface area (Å²) in [6.45, 7) is 8.13. The number of ether oxygens (including phenoxy) is 1. The van der Waals surface area contributed by atoms with Crippen LogP contribution >= 0.6 is 0 Å². The second kappa shape index (κ2) is 6.19. The van der Waals surface area contributed by atoms with Crippen molar-refractivity contribution in [2.45, 2.75) is 77.5 Å². The molecule has 2 fully saturated rings. The van der Waals surface area contributed by atoms with Gasteiger partial charge in [0.05, 0.1) is 12.2 Å². The number of hydrogen-bond donors (Lipinski definition) is 1. The Labute approximate surface area is 107 Å². The molecule has 1 N–H and O–H groups in total. The van der Waals surface area contributed by atoms with E-state index < -0.39 is 0 Å². The van der Waals surface area contributed by atoms with Crippen LogP contribution < -0.4 is 5.32 Å². The van der Waals surface area contributed by atoms with Crippen LogP contribution in [0.25, 0.3) is 0 Å². The molecule has 0 heterocycles. The number of rotatable bonds is 5. The van der Waals surface area contributed by atoms with Crippen LogP contribution in [0.2, 0.25) is 0 Å². The van der Waals surface area contributed by atoms with Crippen molar-refractivity contribution in [3.63, 3.8) is 0 Å². The van der Waals surface area contributed by atoms with Crippen molar-refractivity contribution < 1.29 is 4.74 Å². The first-order valence-electron chi connectivity index (χ1n) is 7.59. The minimum atomic E-state index is 0.461. The molecule has 0 amide bonds. The molecule has 4 atom stereocenters. The van der Waals surface area contributed by atoms with Crippen molar-refractivity contribution in [2.24, 2.45) is 11.8 Å². The Morgan fingerprint density at radius 3 is 2.53 bits per heavy atom. The van der Waals surface area contributed by atoms with E-state index in [4.69, 9.17) is 4.74 Å². The minimum absolute atomic E-state index is 0.461. The summed E-state index contributed by atoms with van der Waals surface area (Å²) < 4.78 is 6.34. The van der Waals surface area contributed by atoms with Gasteiger partial charge in [0.2, 0.25) is 0 Å². The molecule has 2 saturated carbocycles. The second-order valence-corrected chi connectivity index (χ2v) is 6.27. The van der Waals surface area contributed by atoms with Gasteiger partial charge in [-0.05, 0) is 56.9 Å². The van der Waals surface area contributed by atoms with E-state index in [0.29, 0.717) is 24.2 Å². The van der Waals surface area contributed by atoms with Crippen molar-refractivity contribution in [3.05, 3.63) is 0 Å². The van der Waals surface area contributed by atoms with Crippen LogP contribution in [0.3, 0.4) is 0 Å². The summed E-state index contributed by atoms with van der Waals surface area (Å²) in [4.78, 5) is 0. The molecule has 100 valence electrons. The third kappa shape index (κ3) is 3.45. The lowest BCUT2D eigenvalue weighted by molar-refractivity contribution is -0.105. The van der Waals surface area contributed by atoms with Gasteiger partial charge >= 0.3 is 0 Å². The van der Waals surface area contributed by atoms with Crippen molar-refractivity contribution in [2.75, 3.05) is 6.54 Å². The first-order chi connectivity index (χ1) is 8.20. The highest BCUT2D eigenvalue weighted by molar-refractivity contribution is 4.90. The summed E-state index contributed by atoms with van der Waals surface area (Å²) in [5.74, 6) is 1.56. The lowest BCUT2D eigenvalue weighted by Gasteiger charge is -2.43. The zero-order valence-electron chi connectivity index (χ0n) is 11.7. The normalized spacial score (nSPS) is 39.0.